The summed E-state index contributed by atoms with van der Waals surface area (Å²) < 4.78 is 18.8. The minimum Gasteiger partial charge on any atom is -0.380 e. The summed E-state index contributed by atoms with van der Waals surface area (Å²) in [4.78, 5) is 7.08. The average molecular weight is 512 g/mol. The molecule has 158 valence electrons. The SMILES string of the molecule is CCNC(=NCc1ccc(F)c(COC)c1)NC1CCN(c2ccccc2)C1.I. The van der Waals surface area contributed by atoms with E-state index in [1.165, 1.54) is 11.8 Å². The Morgan fingerprint density at radius 3 is 2.76 bits per heavy atom. The van der Waals surface area contributed by atoms with Gasteiger partial charge in [-0.3, -0.25) is 0 Å². The number of guanidine groups is 1. The topological polar surface area (TPSA) is 48.9 Å². The molecule has 1 aliphatic heterocycles. The van der Waals surface area contributed by atoms with E-state index in [0.29, 0.717) is 18.2 Å². The summed E-state index contributed by atoms with van der Waals surface area (Å²) in [6, 6.07) is 15.9. The van der Waals surface area contributed by atoms with E-state index < -0.39 is 0 Å². The van der Waals surface area contributed by atoms with Crippen molar-refractivity contribution in [3.63, 3.8) is 0 Å². The van der Waals surface area contributed by atoms with Crippen molar-refractivity contribution >= 4 is 35.6 Å². The van der Waals surface area contributed by atoms with Crippen LogP contribution in [-0.2, 0) is 17.9 Å². The third-order valence-corrected chi connectivity index (χ3v) is 4.82. The molecule has 1 aliphatic rings. The van der Waals surface area contributed by atoms with E-state index in [2.05, 4.69) is 51.7 Å². The molecular formula is C22H30FIN4O. The molecule has 1 unspecified atom stereocenters. The third-order valence-electron chi connectivity index (χ3n) is 4.82. The number of halogens is 2. The Labute approximate surface area is 189 Å². The maximum Gasteiger partial charge on any atom is 0.191 e. The van der Waals surface area contributed by atoms with Gasteiger partial charge in [-0.25, -0.2) is 9.38 Å². The summed E-state index contributed by atoms with van der Waals surface area (Å²) in [5.41, 5.74) is 2.77. The standard InChI is InChI=1S/C22H29FN4O.HI/c1-3-24-22(25-14-17-9-10-21(23)18(13-17)16-28-2)26-19-11-12-27(15-19)20-7-5-4-6-8-20;/h4-10,13,19H,3,11-12,14-16H2,1-2H3,(H2,24,25,26);1H. The Balaban J connectivity index is 0.00000300. The lowest BCUT2D eigenvalue weighted by atomic mass is 10.1. The number of nitrogens with one attached hydrogen (secondary N) is 2. The molecule has 0 spiro atoms. The van der Waals surface area contributed by atoms with E-state index in [1.54, 1.807) is 13.2 Å². The van der Waals surface area contributed by atoms with Gasteiger partial charge in [0.2, 0.25) is 0 Å². The van der Waals surface area contributed by atoms with E-state index in [-0.39, 0.29) is 36.4 Å². The van der Waals surface area contributed by atoms with Crippen LogP contribution in [0.4, 0.5) is 10.1 Å². The quantitative estimate of drug-likeness (QED) is 0.336. The molecule has 5 nitrogen and oxygen atoms in total. The second-order valence-corrected chi connectivity index (χ2v) is 6.97. The number of aliphatic imine (C=N–C) groups is 1. The molecule has 0 bridgehead atoms. The molecule has 7 heteroatoms. The molecule has 1 saturated heterocycles. The fourth-order valence-corrected chi connectivity index (χ4v) is 3.43. The minimum absolute atomic E-state index is 0. The van der Waals surface area contributed by atoms with Gasteiger partial charge in [0, 0.05) is 44.0 Å². The van der Waals surface area contributed by atoms with Crippen molar-refractivity contribution in [1.82, 2.24) is 10.6 Å². The second kappa shape index (κ2) is 12.0. The molecule has 3 rings (SSSR count). The van der Waals surface area contributed by atoms with Crippen LogP contribution in [0.25, 0.3) is 0 Å². The largest absolute Gasteiger partial charge is 0.380 e. The maximum absolute atomic E-state index is 13.8. The molecule has 0 saturated carbocycles. The molecule has 1 fully saturated rings. The van der Waals surface area contributed by atoms with Crippen LogP contribution < -0.4 is 15.5 Å². The van der Waals surface area contributed by atoms with Crippen LogP contribution in [0.15, 0.2) is 53.5 Å². The normalized spacial score (nSPS) is 16.4. The Morgan fingerprint density at radius 1 is 1.24 bits per heavy atom. The Bertz CT molecular complexity index is 788. The third kappa shape index (κ3) is 6.85. The number of ether oxygens (including phenoxy) is 1. The molecule has 1 atom stereocenters. The first-order valence-electron chi connectivity index (χ1n) is 9.80. The molecule has 29 heavy (non-hydrogen) atoms. The number of benzene rings is 2. The van der Waals surface area contributed by atoms with Crippen molar-refractivity contribution in [2.45, 2.75) is 32.5 Å². The number of hydrogen-bond acceptors (Lipinski definition) is 3. The molecule has 0 radical (unpaired) electrons. The summed E-state index contributed by atoms with van der Waals surface area (Å²) in [5, 5.41) is 6.84. The van der Waals surface area contributed by atoms with Crippen LogP contribution in [0.1, 0.15) is 24.5 Å². The molecule has 1 heterocycles. The van der Waals surface area contributed by atoms with Crippen LogP contribution in [0, 0.1) is 5.82 Å². The van der Waals surface area contributed by atoms with Crippen LogP contribution in [-0.4, -0.2) is 38.7 Å². The highest BCUT2D eigenvalue weighted by Crippen LogP contribution is 2.19. The number of hydrogen-bond donors (Lipinski definition) is 2. The zero-order valence-electron chi connectivity index (χ0n) is 17.0. The van der Waals surface area contributed by atoms with Gasteiger partial charge in [0.1, 0.15) is 5.82 Å². The van der Waals surface area contributed by atoms with Gasteiger partial charge in [0.15, 0.2) is 5.96 Å². The molecule has 0 aliphatic carbocycles. The molecule has 2 N–H and O–H groups in total. The molecule has 2 aromatic carbocycles. The van der Waals surface area contributed by atoms with Crippen molar-refractivity contribution in [2.75, 3.05) is 31.6 Å². The number of rotatable bonds is 7. The highest BCUT2D eigenvalue weighted by atomic mass is 127. The van der Waals surface area contributed by atoms with E-state index in [4.69, 9.17) is 4.74 Å². The van der Waals surface area contributed by atoms with E-state index >= 15 is 0 Å². The smallest absolute Gasteiger partial charge is 0.191 e. The van der Waals surface area contributed by atoms with Gasteiger partial charge >= 0.3 is 0 Å². The van der Waals surface area contributed by atoms with Gasteiger partial charge in [0.05, 0.1) is 13.2 Å². The highest BCUT2D eigenvalue weighted by Gasteiger charge is 2.23. The predicted octanol–water partition coefficient (Wildman–Crippen LogP) is 3.92. The van der Waals surface area contributed by atoms with Crippen LogP contribution in [0.3, 0.4) is 0 Å². The molecule has 0 amide bonds. The number of para-hydroxylation sites is 1. The first-order valence-corrected chi connectivity index (χ1v) is 9.80. The van der Waals surface area contributed by atoms with E-state index in [9.17, 15) is 4.39 Å². The van der Waals surface area contributed by atoms with E-state index in [1.807, 2.05) is 12.1 Å². The lowest BCUT2D eigenvalue weighted by Crippen LogP contribution is -2.44. The monoisotopic (exact) mass is 512 g/mol. The number of anilines is 1. The molecular weight excluding hydrogens is 482 g/mol. The van der Waals surface area contributed by atoms with Crippen molar-refractivity contribution in [3.05, 3.63) is 65.5 Å². The maximum atomic E-state index is 13.8. The summed E-state index contributed by atoms with van der Waals surface area (Å²) in [5.74, 6) is 0.548. The molecule has 0 aromatic heterocycles. The van der Waals surface area contributed by atoms with Gasteiger partial charge in [-0.1, -0.05) is 24.3 Å². The Kier molecular flexibility index (Phi) is 9.66. The summed E-state index contributed by atoms with van der Waals surface area (Å²) in [6.45, 7) is 5.57. The van der Waals surface area contributed by atoms with Gasteiger partial charge in [-0.05, 0) is 43.2 Å². The van der Waals surface area contributed by atoms with E-state index in [0.717, 1.165) is 37.6 Å². The Morgan fingerprint density at radius 2 is 2.03 bits per heavy atom. The highest BCUT2D eigenvalue weighted by molar-refractivity contribution is 14.0. The summed E-state index contributed by atoms with van der Waals surface area (Å²) in [7, 11) is 1.57. The zero-order chi connectivity index (χ0) is 19.8. The van der Waals surface area contributed by atoms with Gasteiger partial charge in [-0.15, -0.1) is 24.0 Å². The van der Waals surface area contributed by atoms with Crippen LogP contribution in [0.2, 0.25) is 0 Å². The van der Waals surface area contributed by atoms with Crippen molar-refractivity contribution in [3.8, 4) is 0 Å². The number of methoxy groups -OCH3 is 1. The van der Waals surface area contributed by atoms with Crippen molar-refractivity contribution in [1.29, 1.82) is 0 Å². The first kappa shape index (κ1) is 23.4. The van der Waals surface area contributed by atoms with Crippen LogP contribution >= 0.6 is 24.0 Å². The predicted molar refractivity (Wildman–Crippen MR) is 128 cm³/mol. The average Bonchev–Trinajstić information content (AvgIpc) is 3.18. The fourth-order valence-electron chi connectivity index (χ4n) is 3.43. The lowest BCUT2D eigenvalue weighted by molar-refractivity contribution is 0.181. The molecule has 2 aromatic rings. The minimum atomic E-state index is -0.244. The van der Waals surface area contributed by atoms with Crippen molar-refractivity contribution in [2.24, 2.45) is 4.99 Å². The van der Waals surface area contributed by atoms with Crippen LogP contribution in [0.5, 0.6) is 0 Å². The summed E-state index contributed by atoms with van der Waals surface area (Å²) >= 11 is 0. The van der Waals surface area contributed by atoms with Crippen molar-refractivity contribution < 1.29 is 9.13 Å². The van der Waals surface area contributed by atoms with Gasteiger partial charge in [-0.2, -0.15) is 0 Å². The lowest BCUT2D eigenvalue weighted by Gasteiger charge is -2.20. The van der Waals surface area contributed by atoms with Gasteiger partial charge in [0.25, 0.3) is 0 Å². The first-order chi connectivity index (χ1) is 13.7. The zero-order valence-corrected chi connectivity index (χ0v) is 19.4. The number of nitrogens with zero attached hydrogens (tertiary/aromatic N) is 2. The fraction of sp³-hybridized carbons (Fsp3) is 0.409. The summed E-state index contributed by atoms with van der Waals surface area (Å²) in [6.07, 6.45) is 1.06. The van der Waals surface area contributed by atoms with Gasteiger partial charge < -0.3 is 20.3 Å². The second-order valence-electron chi connectivity index (χ2n) is 6.97. The Hall–Kier alpha value is -1.87.